The van der Waals surface area contributed by atoms with Crippen LogP contribution in [0.3, 0.4) is 0 Å². The van der Waals surface area contributed by atoms with Crippen LogP contribution in [0.25, 0.3) is 11.1 Å². The van der Waals surface area contributed by atoms with Crippen molar-refractivity contribution in [1.29, 1.82) is 0 Å². The van der Waals surface area contributed by atoms with Crippen molar-refractivity contribution in [3.8, 4) is 16.9 Å². The summed E-state index contributed by atoms with van der Waals surface area (Å²) in [6.07, 6.45) is 3.70. The van der Waals surface area contributed by atoms with Gasteiger partial charge in [-0.1, -0.05) is 61.7 Å². The van der Waals surface area contributed by atoms with Crippen LogP contribution >= 0.6 is 11.6 Å². The van der Waals surface area contributed by atoms with Gasteiger partial charge in [-0.05, 0) is 50.8 Å². The van der Waals surface area contributed by atoms with Crippen LogP contribution in [0.1, 0.15) is 45.6 Å². The topological polar surface area (TPSA) is 9.23 Å². The van der Waals surface area contributed by atoms with Crippen molar-refractivity contribution in [1.82, 2.24) is 0 Å². The number of hydrogen-bond donors (Lipinski definition) is 0. The van der Waals surface area contributed by atoms with Gasteiger partial charge in [0.15, 0.2) is 0 Å². The van der Waals surface area contributed by atoms with Gasteiger partial charge < -0.3 is 4.74 Å². The monoisotopic (exact) mass is 330 g/mol. The fourth-order valence-electron chi connectivity index (χ4n) is 2.64. The average molecular weight is 331 g/mol. The summed E-state index contributed by atoms with van der Waals surface area (Å²) in [4.78, 5) is 0. The first kappa shape index (κ1) is 17.9. The van der Waals surface area contributed by atoms with Gasteiger partial charge in [0.1, 0.15) is 5.75 Å². The van der Waals surface area contributed by atoms with Gasteiger partial charge >= 0.3 is 0 Å². The average Bonchev–Trinajstić information content (AvgIpc) is 2.55. The van der Waals surface area contributed by atoms with Crippen LogP contribution in [0.15, 0.2) is 42.5 Å². The first-order valence-corrected chi connectivity index (χ1v) is 8.91. The van der Waals surface area contributed by atoms with Gasteiger partial charge in [0, 0.05) is 16.1 Å². The molecular weight excluding hydrogens is 304 g/mol. The highest BCUT2D eigenvalue weighted by atomic mass is 35.5. The lowest BCUT2D eigenvalue weighted by Gasteiger charge is -2.20. The maximum absolute atomic E-state index is 6.39. The van der Waals surface area contributed by atoms with Crippen LogP contribution in [0.4, 0.5) is 0 Å². The molecule has 2 unspecified atom stereocenters. The van der Waals surface area contributed by atoms with E-state index in [0.29, 0.717) is 0 Å². The first-order valence-electron chi connectivity index (χ1n) is 8.53. The molecule has 0 saturated carbocycles. The number of aryl methyl sites for hydroxylation is 1. The minimum Gasteiger partial charge on any atom is -0.490 e. The molecule has 0 radical (unpaired) electrons. The fraction of sp³-hybridized carbons (Fsp3) is 0.429. The Bertz CT molecular complexity index is 635. The summed E-state index contributed by atoms with van der Waals surface area (Å²) >= 11 is 6.39. The molecule has 2 aromatic rings. The summed E-state index contributed by atoms with van der Waals surface area (Å²) in [5, 5.41) is 0.759. The van der Waals surface area contributed by atoms with E-state index in [4.69, 9.17) is 16.3 Å². The summed E-state index contributed by atoms with van der Waals surface area (Å²) in [5.41, 5.74) is 3.31. The molecule has 23 heavy (non-hydrogen) atoms. The van der Waals surface area contributed by atoms with Gasteiger partial charge in [0.2, 0.25) is 0 Å². The molecule has 0 aliphatic carbocycles. The van der Waals surface area contributed by atoms with Crippen LogP contribution in [-0.2, 0) is 0 Å². The Morgan fingerprint density at radius 1 is 1.00 bits per heavy atom. The molecule has 0 fully saturated rings. The Balaban J connectivity index is 2.21. The lowest BCUT2D eigenvalue weighted by molar-refractivity contribution is 0.200. The third-order valence-corrected chi connectivity index (χ3v) is 4.72. The molecule has 0 N–H and O–H groups in total. The molecule has 0 aliphatic rings. The van der Waals surface area contributed by atoms with E-state index in [1.165, 1.54) is 18.4 Å². The van der Waals surface area contributed by atoms with Crippen molar-refractivity contribution in [2.45, 2.75) is 53.1 Å². The molecular formula is C21H27ClO. The molecule has 0 aromatic heterocycles. The second kappa shape index (κ2) is 8.40. The number of benzene rings is 2. The third kappa shape index (κ3) is 5.00. The van der Waals surface area contributed by atoms with Gasteiger partial charge in [-0.25, -0.2) is 0 Å². The fourth-order valence-corrected chi connectivity index (χ4v) is 2.87. The van der Waals surface area contributed by atoms with Crippen molar-refractivity contribution in [3.63, 3.8) is 0 Å². The second-order valence-electron chi connectivity index (χ2n) is 6.50. The smallest absolute Gasteiger partial charge is 0.127 e. The molecule has 0 bridgehead atoms. The molecule has 124 valence electrons. The van der Waals surface area contributed by atoms with Crippen molar-refractivity contribution >= 4 is 11.6 Å². The van der Waals surface area contributed by atoms with E-state index in [9.17, 15) is 0 Å². The highest BCUT2D eigenvalue weighted by Gasteiger charge is 2.13. The largest absolute Gasteiger partial charge is 0.490 e. The predicted molar refractivity (Wildman–Crippen MR) is 100 cm³/mol. The quantitative estimate of drug-likeness (QED) is 0.536. The third-order valence-electron chi connectivity index (χ3n) is 4.39. The van der Waals surface area contributed by atoms with Gasteiger partial charge in [-0.2, -0.15) is 0 Å². The highest BCUT2D eigenvalue weighted by molar-refractivity contribution is 6.33. The molecule has 0 spiro atoms. The van der Waals surface area contributed by atoms with E-state index in [1.54, 1.807) is 0 Å². The van der Waals surface area contributed by atoms with E-state index in [0.717, 1.165) is 34.2 Å². The van der Waals surface area contributed by atoms with Crippen LogP contribution < -0.4 is 4.74 Å². The van der Waals surface area contributed by atoms with E-state index in [2.05, 4.69) is 45.9 Å². The Morgan fingerprint density at radius 2 is 1.74 bits per heavy atom. The zero-order valence-corrected chi connectivity index (χ0v) is 15.4. The molecule has 2 rings (SSSR count). The van der Waals surface area contributed by atoms with Crippen molar-refractivity contribution < 1.29 is 4.74 Å². The lowest BCUT2D eigenvalue weighted by atomic mass is 10.0. The molecule has 2 atom stereocenters. The number of ether oxygens (including phenoxy) is 1. The van der Waals surface area contributed by atoms with Crippen molar-refractivity contribution in [2.24, 2.45) is 5.92 Å². The minimum absolute atomic E-state index is 0.202. The van der Waals surface area contributed by atoms with Crippen LogP contribution in [0, 0.1) is 12.8 Å². The maximum Gasteiger partial charge on any atom is 0.127 e. The molecule has 0 heterocycles. The van der Waals surface area contributed by atoms with Gasteiger partial charge in [-0.15, -0.1) is 0 Å². The minimum atomic E-state index is 0.202. The summed E-state index contributed by atoms with van der Waals surface area (Å²) in [7, 11) is 0. The highest BCUT2D eigenvalue weighted by Crippen LogP contribution is 2.36. The van der Waals surface area contributed by atoms with Gasteiger partial charge in [-0.3, -0.25) is 0 Å². The summed E-state index contributed by atoms with van der Waals surface area (Å²) in [6, 6.07) is 14.3. The molecule has 0 aliphatic heterocycles. The molecule has 0 saturated heterocycles. The van der Waals surface area contributed by atoms with Crippen molar-refractivity contribution in [2.75, 3.05) is 0 Å². The van der Waals surface area contributed by atoms with E-state index >= 15 is 0 Å². The Labute approximate surface area is 145 Å². The molecule has 0 amide bonds. The van der Waals surface area contributed by atoms with E-state index in [1.807, 2.05) is 24.3 Å². The van der Waals surface area contributed by atoms with E-state index in [-0.39, 0.29) is 6.10 Å². The number of rotatable bonds is 7. The second-order valence-corrected chi connectivity index (χ2v) is 6.91. The number of halogens is 1. The Hall–Kier alpha value is -1.47. The van der Waals surface area contributed by atoms with Gasteiger partial charge in [0.05, 0.1) is 6.10 Å². The maximum atomic E-state index is 6.39. The Kier molecular flexibility index (Phi) is 6.53. The van der Waals surface area contributed by atoms with Gasteiger partial charge in [0.25, 0.3) is 0 Å². The summed E-state index contributed by atoms with van der Waals surface area (Å²) in [6.45, 7) is 8.79. The first-order chi connectivity index (χ1) is 11.0. The summed E-state index contributed by atoms with van der Waals surface area (Å²) < 4.78 is 6.25. The SMILES string of the molecule is CCC(C)CCC(C)Oc1ccc(C)cc1-c1ccccc1Cl. The zero-order valence-electron chi connectivity index (χ0n) is 14.6. The Morgan fingerprint density at radius 3 is 2.43 bits per heavy atom. The zero-order chi connectivity index (χ0) is 16.8. The molecule has 2 aromatic carbocycles. The number of hydrogen-bond acceptors (Lipinski definition) is 1. The van der Waals surface area contributed by atoms with Crippen molar-refractivity contribution in [3.05, 3.63) is 53.1 Å². The molecule has 2 heteroatoms. The lowest BCUT2D eigenvalue weighted by Crippen LogP contribution is -2.13. The summed E-state index contributed by atoms with van der Waals surface area (Å²) in [5.74, 6) is 1.67. The molecule has 1 nitrogen and oxygen atoms in total. The van der Waals surface area contributed by atoms with Crippen LogP contribution in [0.5, 0.6) is 5.75 Å². The standard InChI is InChI=1S/C21H27ClO/c1-5-15(2)10-12-17(4)23-21-13-11-16(3)14-19(21)18-8-6-7-9-20(18)22/h6-9,11,13-15,17H,5,10,12H2,1-4H3. The van der Waals surface area contributed by atoms with E-state index < -0.39 is 0 Å². The van der Waals surface area contributed by atoms with Crippen LogP contribution in [-0.4, -0.2) is 6.10 Å². The normalized spacial score (nSPS) is 13.6. The predicted octanol–water partition coefficient (Wildman–Crippen LogP) is 6.91. The van der Waals surface area contributed by atoms with Crippen LogP contribution in [0.2, 0.25) is 5.02 Å².